The SMILES string of the molecule is CCc1cc(C(=O)c2ccc(C)c(F)c2)n(CC)n1. The van der Waals surface area contributed by atoms with Crippen LogP contribution in [-0.4, -0.2) is 15.6 Å². The number of aromatic nitrogens is 2. The summed E-state index contributed by atoms with van der Waals surface area (Å²) in [7, 11) is 0. The minimum Gasteiger partial charge on any atom is -0.287 e. The smallest absolute Gasteiger partial charge is 0.211 e. The average molecular weight is 260 g/mol. The lowest BCUT2D eigenvalue weighted by atomic mass is 10.1. The van der Waals surface area contributed by atoms with Crippen molar-refractivity contribution in [3.05, 3.63) is 52.6 Å². The molecule has 0 spiro atoms. The van der Waals surface area contributed by atoms with Gasteiger partial charge in [0.2, 0.25) is 5.78 Å². The predicted octanol–water partition coefficient (Wildman–Crippen LogP) is 3.14. The quantitative estimate of drug-likeness (QED) is 0.791. The van der Waals surface area contributed by atoms with E-state index in [0.717, 1.165) is 12.1 Å². The lowest BCUT2D eigenvalue weighted by Gasteiger charge is -2.05. The molecule has 3 nitrogen and oxygen atoms in total. The summed E-state index contributed by atoms with van der Waals surface area (Å²) in [6.07, 6.45) is 0.773. The molecule has 2 aromatic rings. The van der Waals surface area contributed by atoms with Gasteiger partial charge >= 0.3 is 0 Å². The van der Waals surface area contributed by atoms with E-state index in [0.29, 0.717) is 23.4 Å². The molecule has 0 unspecified atom stereocenters. The molecule has 100 valence electrons. The van der Waals surface area contributed by atoms with Crippen LogP contribution in [-0.2, 0) is 13.0 Å². The zero-order valence-corrected chi connectivity index (χ0v) is 11.4. The Bertz CT molecular complexity index is 617. The van der Waals surface area contributed by atoms with Crippen LogP contribution in [0.3, 0.4) is 0 Å². The molecule has 0 aliphatic carbocycles. The lowest BCUT2D eigenvalue weighted by molar-refractivity contribution is 0.102. The van der Waals surface area contributed by atoms with Gasteiger partial charge in [-0.05, 0) is 38.0 Å². The molecule has 4 heteroatoms. The normalized spacial score (nSPS) is 10.7. The molecule has 0 aliphatic rings. The number of carbonyl (C=O) groups is 1. The number of ketones is 1. The molecular formula is C15H17FN2O. The van der Waals surface area contributed by atoms with Gasteiger partial charge in [-0.3, -0.25) is 9.48 Å². The van der Waals surface area contributed by atoms with Gasteiger partial charge in [-0.2, -0.15) is 5.10 Å². The summed E-state index contributed by atoms with van der Waals surface area (Å²) in [5, 5.41) is 4.34. The molecule has 1 heterocycles. The Morgan fingerprint density at radius 2 is 2.05 bits per heavy atom. The molecule has 0 fully saturated rings. The summed E-state index contributed by atoms with van der Waals surface area (Å²) >= 11 is 0. The maximum Gasteiger partial charge on any atom is 0.211 e. The van der Waals surface area contributed by atoms with Gasteiger partial charge in [-0.1, -0.05) is 19.1 Å². The van der Waals surface area contributed by atoms with Crippen LogP contribution in [0.25, 0.3) is 0 Å². The molecular weight excluding hydrogens is 243 g/mol. The average Bonchev–Trinajstić information content (AvgIpc) is 2.84. The highest BCUT2D eigenvalue weighted by atomic mass is 19.1. The van der Waals surface area contributed by atoms with Crippen molar-refractivity contribution in [3.8, 4) is 0 Å². The Morgan fingerprint density at radius 1 is 1.32 bits per heavy atom. The molecule has 0 radical (unpaired) electrons. The van der Waals surface area contributed by atoms with Gasteiger partial charge in [0.15, 0.2) is 0 Å². The summed E-state index contributed by atoms with van der Waals surface area (Å²) in [6, 6.07) is 6.34. The standard InChI is InChI=1S/C15H17FN2O/c1-4-12-9-14(18(5-2)17-12)15(19)11-7-6-10(3)13(16)8-11/h6-9H,4-5H2,1-3H3. The van der Waals surface area contributed by atoms with E-state index in [-0.39, 0.29) is 11.6 Å². The van der Waals surface area contributed by atoms with E-state index in [1.807, 2.05) is 13.8 Å². The van der Waals surface area contributed by atoms with Gasteiger partial charge in [-0.25, -0.2) is 4.39 Å². The largest absolute Gasteiger partial charge is 0.287 e. The Labute approximate surface area is 112 Å². The molecule has 0 bridgehead atoms. The Hall–Kier alpha value is -1.97. The zero-order valence-electron chi connectivity index (χ0n) is 11.4. The van der Waals surface area contributed by atoms with Crippen molar-refractivity contribution in [1.82, 2.24) is 9.78 Å². The van der Waals surface area contributed by atoms with Gasteiger partial charge in [-0.15, -0.1) is 0 Å². The third-order valence-electron chi connectivity index (χ3n) is 3.16. The molecule has 0 aliphatic heterocycles. The molecule has 0 N–H and O–H groups in total. The topological polar surface area (TPSA) is 34.9 Å². The van der Waals surface area contributed by atoms with Crippen LogP contribution in [0.15, 0.2) is 24.3 Å². The van der Waals surface area contributed by atoms with Crippen molar-refractivity contribution in [2.45, 2.75) is 33.7 Å². The Morgan fingerprint density at radius 3 is 2.63 bits per heavy atom. The van der Waals surface area contributed by atoms with E-state index in [9.17, 15) is 9.18 Å². The predicted molar refractivity (Wildman–Crippen MR) is 71.8 cm³/mol. The second-order valence-electron chi connectivity index (χ2n) is 4.48. The van der Waals surface area contributed by atoms with Crippen molar-refractivity contribution in [3.63, 3.8) is 0 Å². The fourth-order valence-electron chi connectivity index (χ4n) is 1.95. The number of aryl methyl sites for hydroxylation is 3. The first-order valence-electron chi connectivity index (χ1n) is 6.44. The fraction of sp³-hybridized carbons (Fsp3) is 0.333. The maximum absolute atomic E-state index is 13.5. The van der Waals surface area contributed by atoms with Crippen LogP contribution >= 0.6 is 0 Å². The van der Waals surface area contributed by atoms with E-state index in [2.05, 4.69) is 5.10 Å². The van der Waals surface area contributed by atoms with Crippen molar-refractivity contribution in [1.29, 1.82) is 0 Å². The number of hydrogen-bond acceptors (Lipinski definition) is 2. The molecule has 0 amide bonds. The second-order valence-corrected chi connectivity index (χ2v) is 4.48. The van der Waals surface area contributed by atoms with Crippen LogP contribution in [0.4, 0.5) is 4.39 Å². The monoisotopic (exact) mass is 260 g/mol. The minimum absolute atomic E-state index is 0.187. The van der Waals surface area contributed by atoms with Crippen molar-refractivity contribution < 1.29 is 9.18 Å². The molecule has 0 saturated heterocycles. The summed E-state index contributed by atoms with van der Waals surface area (Å²) in [5.41, 5.74) is 2.29. The van der Waals surface area contributed by atoms with E-state index < -0.39 is 0 Å². The van der Waals surface area contributed by atoms with Crippen molar-refractivity contribution in [2.75, 3.05) is 0 Å². The lowest BCUT2D eigenvalue weighted by Crippen LogP contribution is -2.10. The number of carbonyl (C=O) groups excluding carboxylic acids is 1. The number of rotatable bonds is 4. The third-order valence-corrected chi connectivity index (χ3v) is 3.16. The molecule has 1 aromatic carbocycles. The van der Waals surface area contributed by atoms with Crippen molar-refractivity contribution >= 4 is 5.78 Å². The Balaban J connectivity index is 2.43. The maximum atomic E-state index is 13.5. The second kappa shape index (κ2) is 5.34. The number of nitrogens with zero attached hydrogens (tertiary/aromatic N) is 2. The van der Waals surface area contributed by atoms with Crippen LogP contribution in [0.2, 0.25) is 0 Å². The summed E-state index contributed by atoms with van der Waals surface area (Å²) in [6.45, 7) is 6.21. The Kier molecular flexibility index (Phi) is 3.79. The first kappa shape index (κ1) is 13.5. The number of benzene rings is 1. The molecule has 2 rings (SSSR count). The van der Waals surface area contributed by atoms with Gasteiger partial charge in [0.25, 0.3) is 0 Å². The van der Waals surface area contributed by atoms with Gasteiger partial charge < -0.3 is 0 Å². The third kappa shape index (κ3) is 2.57. The highest BCUT2D eigenvalue weighted by Crippen LogP contribution is 2.15. The van der Waals surface area contributed by atoms with Crippen molar-refractivity contribution in [2.24, 2.45) is 0 Å². The van der Waals surface area contributed by atoms with Gasteiger partial charge in [0.05, 0.1) is 5.69 Å². The van der Waals surface area contributed by atoms with Gasteiger partial charge in [0.1, 0.15) is 11.5 Å². The molecule has 1 aromatic heterocycles. The number of hydrogen-bond donors (Lipinski definition) is 0. The summed E-state index contributed by atoms with van der Waals surface area (Å²) in [5.74, 6) is -0.544. The van der Waals surface area contributed by atoms with Gasteiger partial charge in [0, 0.05) is 12.1 Å². The van der Waals surface area contributed by atoms with Crippen LogP contribution in [0, 0.1) is 12.7 Å². The van der Waals surface area contributed by atoms with E-state index in [1.54, 1.807) is 29.8 Å². The van der Waals surface area contributed by atoms with Crippen LogP contribution in [0.5, 0.6) is 0 Å². The zero-order chi connectivity index (χ0) is 14.0. The highest BCUT2D eigenvalue weighted by Gasteiger charge is 2.16. The molecule has 19 heavy (non-hydrogen) atoms. The minimum atomic E-state index is -0.357. The molecule has 0 atom stereocenters. The van der Waals surface area contributed by atoms with E-state index >= 15 is 0 Å². The van der Waals surface area contributed by atoms with Crippen LogP contribution in [0.1, 0.15) is 41.2 Å². The van der Waals surface area contributed by atoms with E-state index in [4.69, 9.17) is 0 Å². The highest BCUT2D eigenvalue weighted by molar-refractivity contribution is 6.08. The first-order valence-corrected chi connectivity index (χ1v) is 6.44. The number of halogens is 1. The van der Waals surface area contributed by atoms with Crippen LogP contribution < -0.4 is 0 Å². The molecule has 0 saturated carbocycles. The summed E-state index contributed by atoms with van der Waals surface area (Å²) < 4.78 is 15.2. The summed E-state index contributed by atoms with van der Waals surface area (Å²) in [4.78, 5) is 12.4. The van der Waals surface area contributed by atoms with E-state index in [1.165, 1.54) is 6.07 Å². The fourth-order valence-corrected chi connectivity index (χ4v) is 1.95. The first-order chi connectivity index (χ1) is 9.06.